The normalized spacial score (nSPS) is 19.9. The summed E-state index contributed by atoms with van der Waals surface area (Å²) in [6.45, 7) is 9.55. The lowest BCUT2D eigenvalue weighted by molar-refractivity contribution is 0.222. The van der Waals surface area contributed by atoms with E-state index in [9.17, 15) is 9.90 Å². The van der Waals surface area contributed by atoms with E-state index >= 15 is 0 Å². The second-order valence-corrected chi connectivity index (χ2v) is 9.95. The maximum atomic E-state index is 13.0. The maximum absolute atomic E-state index is 13.0. The number of nitrogens with zero attached hydrogens (tertiary/aromatic N) is 5. The summed E-state index contributed by atoms with van der Waals surface area (Å²) in [6, 6.07) is 8.63. The van der Waals surface area contributed by atoms with Crippen molar-refractivity contribution in [1.82, 2.24) is 19.4 Å². The number of aryl methyl sites for hydroxylation is 2. The molecule has 1 unspecified atom stereocenters. The number of likely N-dealkylation sites (tertiary alicyclic amines) is 1. The first kappa shape index (κ1) is 23.0. The predicted octanol–water partition coefficient (Wildman–Crippen LogP) is 3.32. The number of pyridine rings is 1. The standard InChI is InChI=1S/C27H35N5O2/c1-4-31-10-8-20(9-11-31)22-6-5-21(13-18(22)2)23-14-24-25(27(34)30(3)17-28-24)26(29-23)32-12-7-19(15-32)16-33/h5-6,13-14,17,19-20,33H,4,7-12,15-16H2,1-3H3. The molecule has 0 radical (unpaired) electrons. The van der Waals surface area contributed by atoms with Crippen LogP contribution in [0, 0.1) is 12.8 Å². The summed E-state index contributed by atoms with van der Waals surface area (Å²) in [7, 11) is 1.72. The van der Waals surface area contributed by atoms with E-state index in [1.807, 2.05) is 6.07 Å². The number of anilines is 1. The van der Waals surface area contributed by atoms with E-state index in [0.717, 1.165) is 30.8 Å². The Hall–Kier alpha value is -2.77. The van der Waals surface area contributed by atoms with Crippen LogP contribution in [0.5, 0.6) is 0 Å². The van der Waals surface area contributed by atoms with Crippen molar-refractivity contribution < 1.29 is 5.11 Å². The molecule has 0 saturated carbocycles. The highest BCUT2D eigenvalue weighted by Gasteiger charge is 2.27. The van der Waals surface area contributed by atoms with Gasteiger partial charge in [0, 0.05) is 38.2 Å². The van der Waals surface area contributed by atoms with E-state index in [4.69, 9.17) is 4.98 Å². The maximum Gasteiger partial charge on any atom is 0.264 e. The van der Waals surface area contributed by atoms with Gasteiger partial charge < -0.3 is 19.5 Å². The zero-order valence-corrected chi connectivity index (χ0v) is 20.5. The average Bonchev–Trinajstić information content (AvgIpc) is 3.35. The molecule has 7 nitrogen and oxygen atoms in total. The molecular formula is C27H35N5O2. The van der Waals surface area contributed by atoms with Gasteiger partial charge in [-0.15, -0.1) is 0 Å². The van der Waals surface area contributed by atoms with Crippen LogP contribution in [-0.4, -0.2) is 63.9 Å². The molecule has 1 atom stereocenters. The van der Waals surface area contributed by atoms with E-state index in [-0.39, 0.29) is 18.1 Å². The first-order chi connectivity index (χ1) is 16.5. The van der Waals surface area contributed by atoms with Crippen LogP contribution in [0.3, 0.4) is 0 Å². The minimum absolute atomic E-state index is 0.0866. The molecule has 1 aromatic carbocycles. The molecule has 0 aliphatic carbocycles. The Morgan fingerprint density at radius 1 is 1.12 bits per heavy atom. The number of aliphatic hydroxyl groups excluding tert-OH is 1. The highest BCUT2D eigenvalue weighted by atomic mass is 16.3. The van der Waals surface area contributed by atoms with Gasteiger partial charge in [-0.05, 0) is 75.0 Å². The lowest BCUT2D eigenvalue weighted by Crippen LogP contribution is -2.32. The monoisotopic (exact) mass is 461 g/mol. The molecular weight excluding hydrogens is 426 g/mol. The third-order valence-electron chi connectivity index (χ3n) is 7.77. The number of piperidine rings is 1. The summed E-state index contributed by atoms with van der Waals surface area (Å²) in [5.41, 5.74) is 5.22. The number of hydrogen-bond acceptors (Lipinski definition) is 6. The van der Waals surface area contributed by atoms with Gasteiger partial charge in [0.25, 0.3) is 5.56 Å². The van der Waals surface area contributed by atoms with Crippen LogP contribution in [0.15, 0.2) is 35.4 Å². The van der Waals surface area contributed by atoms with Crippen molar-refractivity contribution in [3.63, 3.8) is 0 Å². The first-order valence-electron chi connectivity index (χ1n) is 12.5. The van der Waals surface area contributed by atoms with Crippen molar-refractivity contribution in [3.05, 3.63) is 52.1 Å². The van der Waals surface area contributed by atoms with Crippen LogP contribution >= 0.6 is 0 Å². The van der Waals surface area contributed by atoms with Crippen molar-refractivity contribution in [2.45, 2.75) is 39.0 Å². The lowest BCUT2D eigenvalue weighted by Gasteiger charge is -2.32. The van der Waals surface area contributed by atoms with Gasteiger partial charge in [0.15, 0.2) is 0 Å². The van der Waals surface area contributed by atoms with Crippen LogP contribution in [0.1, 0.15) is 43.2 Å². The third kappa shape index (κ3) is 4.23. The second kappa shape index (κ2) is 9.47. The Morgan fingerprint density at radius 2 is 1.91 bits per heavy atom. The molecule has 5 rings (SSSR count). The van der Waals surface area contributed by atoms with Gasteiger partial charge in [-0.1, -0.05) is 19.1 Å². The number of aliphatic hydroxyl groups is 1. The largest absolute Gasteiger partial charge is 0.396 e. The molecule has 1 N–H and O–H groups in total. The topological polar surface area (TPSA) is 74.5 Å². The van der Waals surface area contributed by atoms with Gasteiger partial charge in [-0.25, -0.2) is 9.97 Å². The van der Waals surface area contributed by atoms with Crippen molar-refractivity contribution >= 4 is 16.7 Å². The van der Waals surface area contributed by atoms with Crippen LogP contribution in [-0.2, 0) is 7.05 Å². The molecule has 2 aliphatic heterocycles. The molecule has 2 saturated heterocycles. The molecule has 7 heteroatoms. The molecule has 0 bridgehead atoms. The van der Waals surface area contributed by atoms with E-state index in [2.05, 4.69) is 46.8 Å². The number of aromatic nitrogens is 3. The smallest absolute Gasteiger partial charge is 0.264 e. The molecule has 2 aliphatic rings. The minimum Gasteiger partial charge on any atom is -0.396 e. The fraction of sp³-hybridized carbons (Fsp3) is 0.519. The molecule has 34 heavy (non-hydrogen) atoms. The number of hydrogen-bond donors (Lipinski definition) is 1. The number of rotatable bonds is 5. The first-order valence-corrected chi connectivity index (χ1v) is 12.5. The summed E-state index contributed by atoms with van der Waals surface area (Å²) in [5, 5.41) is 10.2. The SMILES string of the molecule is CCN1CCC(c2ccc(-c3cc4ncn(C)c(=O)c4c(N4CCC(CO)C4)n3)cc2C)CC1. The number of benzene rings is 1. The van der Waals surface area contributed by atoms with Crippen molar-refractivity contribution in [2.24, 2.45) is 13.0 Å². The third-order valence-corrected chi connectivity index (χ3v) is 7.77. The van der Waals surface area contributed by atoms with Gasteiger partial charge >= 0.3 is 0 Å². The quantitative estimate of drug-likeness (QED) is 0.628. The van der Waals surface area contributed by atoms with Crippen LogP contribution in [0.4, 0.5) is 5.82 Å². The number of fused-ring (bicyclic) bond motifs is 1. The van der Waals surface area contributed by atoms with Gasteiger partial charge in [0.2, 0.25) is 0 Å². The molecule has 4 heterocycles. The Balaban J connectivity index is 1.53. The summed E-state index contributed by atoms with van der Waals surface area (Å²) in [5.74, 6) is 1.51. The lowest BCUT2D eigenvalue weighted by atomic mass is 9.86. The van der Waals surface area contributed by atoms with Crippen molar-refractivity contribution in [3.8, 4) is 11.3 Å². The fourth-order valence-electron chi connectivity index (χ4n) is 5.61. The summed E-state index contributed by atoms with van der Waals surface area (Å²) < 4.78 is 1.51. The zero-order chi connectivity index (χ0) is 23.8. The van der Waals surface area contributed by atoms with E-state index < -0.39 is 0 Å². The molecule has 2 fully saturated rings. The summed E-state index contributed by atoms with van der Waals surface area (Å²) in [6.07, 6.45) is 4.89. The Bertz CT molecular complexity index is 1250. The van der Waals surface area contributed by atoms with Gasteiger partial charge in [-0.3, -0.25) is 4.79 Å². The molecule has 0 spiro atoms. The molecule has 3 aromatic rings. The molecule has 0 amide bonds. The van der Waals surface area contributed by atoms with Crippen LogP contribution < -0.4 is 10.5 Å². The highest BCUT2D eigenvalue weighted by molar-refractivity contribution is 5.92. The average molecular weight is 462 g/mol. The molecule has 180 valence electrons. The summed E-state index contributed by atoms with van der Waals surface area (Å²) in [4.78, 5) is 27.3. The van der Waals surface area contributed by atoms with Gasteiger partial charge in [-0.2, -0.15) is 0 Å². The van der Waals surface area contributed by atoms with Crippen molar-refractivity contribution in [2.75, 3.05) is 44.2 Å². The van der Waals surface area contributed by atoms with E-state index in [1.54, 1.807) is 13.4 Å². The van der Waals surface area contributed by atoms with Crippen molar-refractivity contribution in [1.29, 1.82) is 0 Å². The molecule has 2 aromatic heterocycles. The Labute approximate surface area is 201 Å². The van der Waals surface area contributed by atoms with E-state index in [0.29, 0.717) is 29.2 Å². The Kier molecular flexibility index (Phi) is 6.40. The van der Waals surface area contributed by atoms with Gasteiger partial charge in [0.05, 0.1) is 17.5 Å². The van der Waals surface area contributed by atoms with E-state index in [1.165, 1.54) is 41.6 Å². The summed E-state index contributed by atoms with van der Waals surface area (Å²) >= 11 is 0. The van der Waals surface area contributed by atoms with Gasteiger partial charge in [0.1, 0.15) is 11.2 Å². The Morgan fingerprint density at radius 3 is 2.59 bits per heavy atom. The fourth-order valence-corrected chi connectivity index (χ4v) is 5.61. The second-order valence-electron chi connectivity index (χ2n) is 9.95. The predicted molar refractivity (Wildman–Crippen MR) is 136 cm³/mol. The zero-order valence-electron chi connectivity index (χ0n) is 20.5. The van der Waals surface area contributed by atoms with Crippen LogP contribution in [0.2, 0.25) is 0 Å². The highest BCUT2D eigenvalue weighted by Crippen LogP contribution is 2.34. The minimum atomic E-state index is -0.0866. The van der Waals surface area contributed by atoms with Crippen LogP contribution in [0.25, 0.3) is 22.2 Å².